The number of nitriles is 1. The zero-order valence-corrected chi connectivity index (χ0v) is 19.8. The maximum absolute atomic E-state index is 12.4. The fourth-order valence-corrected chi connectivity index (χ4v) is 3.43. The van der Waals surface area contributed by atoms with Crippen molar-refractivity contribution in [3.8, 4) is 11.9 Å². The van der Waals surface area contributed by atoms with Gasteiger partial charge < -0.3 is 9.84 Å². The van der Waals surface area contributed by atoms with Gasteiger partial charge in [-0.25, -0.2) is 4.79 Å². The summed E-state index contributed by atoms with van der Waals surface area (Å²) < 4.78 is 6.59. The lowest BCUT2D eigenvalue weighted by atomic mass is 10.0. The Kier molecular flexibility index (Phi) is 9.80. The molecule has 176 valence electrons. The fourth-order valence-electron chi connectivity index (χ4n) is 3.43. The number of hydrogen-bond donors (Lipinski definition) is 1. The van der Waals surface area contributed by atoms with Gasteiger partial charge in [0.1, 0.15) is 11.6 Å². The van der Waals surface area contributed by atoms with Crippen molar-refractivity contribution in [1.29, 1.82) is 5.26 Å². The summed E-state index contributed by atoms with van der Waals surface area (Å²) in [6.45, 7) is 8.32. The number of unbranched alkanes of at least 4 members (excludes halogenated alkanes) is 1. The number of rotatable bonds is 11. The Balaban J connectivity index is 2.18. The molecule has 0 aliphatic heterocycles. The summed E-state index contributed by atoms with van der Waals surface area (Å²) in [5.41, 5.74) is 0.590. The first-order valence-electron chi connectivity index (χ1n) is 11.4. The van der Waals surface area contributed by atoms with Crippen LogP contribution >= 0.6 is 0 Å². The zero-order valence-electron chi connectivity index (χ0n) is 19.8. The number of aromatic hydroxyl groups is 1. The summed E-state index contributed by atoms with van der Waals surface area (Å²) in [7, 11) is 0. The Morgan fingerprint density at radius 1 is 1.18 bits per heavy atom. The maximum atomic E-state index is 12.4. The van der Waals surface area contributed by atoms with E-state index in [1.165, 1.54) is 0 Å². The molecule has 1 aromatic heterocycles. The van der Waals surface area contributed by atoms with E-state index in [0.29, 0.717) is 30.2 Å². The van der Waals surface area contributed by atoms with Gasteiger partial charge in [-0.05, 0) is 49.9 Å². The van der Waals surface area contributed by atoms with Crippen LogP contribution in [0.2, 0.25) is 0 Å². The highest BCUT2D eigenvalue weighted by molar-refractivity contribution is 5.89. The molecule has 1 atom stereocenters. The molecular weight excluding hydrogens is 420 g/mol. The highest BCUT2D eigenvalue weighted by Crippen LogP contribution is 2.32. The second-order valence-corrected chi connectivity index (χ2v) is 8.00. The molecule has 0 aliphatic carbocycles. The Morgan fingerprint density at radius 2 is 1.88 bits per heavy atom. The topological polar surface area (TPSA) is 117 Å². The third-order valence-electron chi connectivity index (χ3n) is 5.58. The minimum atomic E-state index is -0.545. The molecule has 1 N–H and O–H groups in total. The van der Waals surface area contributed by atoms with Crippen LogP contribution in [0.25, 0.3) is 0 Å². The SMILES string of the molecule is CCCCC(CC)COC(=O)c1ccc(/N=N/c2c(C)c(C#N)c(=O)n(CCC)c2O)cc1. The monoisotopic (exact) mass is 452 g/mol. The molecule has 0 saturated heterocycles. The van der Waals surface area contributed by atoms with E-state index in [9.17, 15) is 20.0 Å². The summed E-state index contributed by atoms with van der Waals surface area (Å²) in [6.07, 6.45) is 4.86. The van der Waals surface area contributed by atoms with Crippen molar-refractivity contribution in [2.24, 2.45) is 16.1 Å². The summed E-state index contributed by atoms with van der Waals surface area (Å²) in [4.78, 5) is 24.7. The van der Waals surface area contributed by atoms with Crippen molar-refractivity contribution in [2.45, 2.75) is 66.3 Å². The van der Waals surface area contributed by atoms with Gasteiger partial charge in [-0.15, -0.1) is 5.11 Å². The van der Waals surface area contributed by atoms with E-state index in [1.807, 2.05) is 13.0 Å². The summed E-state index contributed by atoms with van der Waals surface area (Å²) >= 11 is 0. The number of ether oxygens (including phenoxy) is 1. The van der Waals surface area contributed by atoms with E-state index in [4.69, 9.17) is 4.74 Å². The number of benzene rings is 1. The average molecular weight is 453 g/mol. The molecule has 0 fully saturated rings. The average Bonchev–Trinajstić information content (AvgIpc) is 2.82. The van der Waals surface area contributed by atoms with Gasteiger partial charge in [-0.1, -0.05) is 40.0 Å². The van der Waals surface area contributed by atoms with Crippen molar-refractivity contribution in [3.63, 3.8) is 0 Å². The smallest absolute Gasteiger partial charge is 0.338 e. The highest BCUT2D eigenvalue weighted by Gasteiger charge is 2.19. The second kappa shape index (κ2) is 12.5. The second-order valence-electron chi connectivity index (χ2n) is 8.00. The van der Waals surface area contributed by atoms with E-state index in [1.54, 1.807) is 31.2 Å². The van der Waals surface area contributed by atoms with Gasteiger partial charge >= 0.3 is 5.97 Å². The van der Waals surface area contributed by atoms with Crippen LogP contribution in [0, 0.1) is 24.2 Å². The molecule has 0 amide bonds. The normalized spacial score (nSPS) is 12.0. The molecule has 0 saturated carbocycles. The molecule has 8 nitrogen and oxygen atoms in total. The number of carbonyl (C=O) groups is 1. The maximum Gasteiger partial charge on any atom is 0.338 e. The molecule has 2 aromatic rings. The van der Waals surface area contributed by atoms with E-state index in [0.717, 1.165) is 30.3 Å². The Morgan fingerprint density at radius 3 is 2.45 bits per heavy atom. The lowest BCUT2D eigenvalue weighted by Crippen LogP contribution is -2.23. The number of nitrogens with zero attached hydrogens (tertiary/aromatic N) is 4. The van der Waals surface area contributed by atoms with Gasteiger partial charge in [0.05, 0.1) is 17.9 Å². The van der Waals surface area contributed by atoms with E-state index in [2.05, 4.69) is 24.1 Å². The van der Waals surface area contributed by atoms with Crippen molar-refractivity contribution < 1.29 is 14.6 Å². The molecule has 0 radical (unpaired) electrons. The zero-order chi connectivity index (χ0) is 24.4. The lowest BCUT2D eigenvalue weighted by Gasteiger charge is -2.14. The molecule has 0 bridgehead atoms. The van der Waals surface area contributed by atoms with Crippen LogP contribution in [0.1, 0.15) is 74.4 Å². The first kappa shape index (κ1) is 25.8. The van der Waals surface area contributed by atoms with Gasteiger partial charge in [0, 0.05) is 12.1 Å². The number of esters is 1. The largest absolute Gasteiger partial charge is 0.493 e. The molecule has 33 heavy (non-hydrogen) atoms. The van der Waals surface area contributed by atoms with Gasteiger partial charge in [-0.2, -0.15) is 10.4 Å². The number of azo groups is 1. The summed E-state index contributed by atoms with van der Waals surface area (Å²) in [6, 6.07) is 8.34. The first-order valence-corrected chi connectivity index (χ1v) is 11.4. The van der Waals surface area contributed by atoms with Crippen LogP contribution in [0.4, 0.5) is 11.4 Å². The van der Waals surface area contributed by atoms with E-state index < -0.39 is 5.56 Å². The number of pyridine rings is 1. The molecule has 2 rings (SSSR count). The van der Waals surface area contributed by atoms with Crippen LogP contribution in [0.3, 0.4) is 0 Å². The van der Waals surface area contributed by atoms with E-state index >= 15 is 0 Å². The molecule has 0 aliphatic rings. The van der Waals surface area contributed by atoms with E-state index in [-0.39, 0.29) is 35.2 Å². The molecular formula is C25H32N4O4. The van der Waals surface area contributed by atoms with Gasteiger partial charge in [-0.3, -0.25) is 9.36 Å². The summed E-state index contributed by atoms with van der Waals surface area (Å²) in [5.74, 6) is -0.338. The number of hydrogen-bond acceptors (Lipinski definition) is 7. The minimum Gasteiger partial charge on any atom is -0.493 e. The van der Waals surface area contributed by atoms with Crippen LogP contribution in [-0.2, 0) is 11.3 Å². The van der Waals surface area contributed by atoms with Gasteiger partial charge in [0.25, 0.3) is 5.56 Å². The summed E-state index contributed by atoms with van der Waals surface area (Å²) in [5, 5.41) is 28.1. The van der Waals surface area contributed by atoms with Crippen LogP contribution in [0.5, 0.6) is 5.88 Å². The Bertz CT molecular complexity index is 1080. The Labute approximate surface area is 194 Å². The van der Waals surface area contributed by atoms with Crippen LogP contribution in [-0.4, -0.2) is 22.2 Å². The molecule has 1 unspecified atom stereocenters. The lowest BCUT2D eigenvalue weighted by molar-refractivity contribution is 0.0428. The predicted molar refractivity (Wildman–Crippen MR) is 126 cm³/mol. The third kappa shape index (κ3) is 6.51. The van der Waals surface area contributed by atoms with Crippen LogP contribution in [0.15, 0.2) is 39.3 Å². The minimum absolute atomic E-state index is 0.0702. The molecule has 8 heteroatoms. The van der Waals surface area contributed by atoms with Crippen LogP contribution < -0.4 is 5.56 Å². The van der Waals surface area contributed by atoms with Gasteiger partial charge in [0.2, 0.25) is 5.88 Å². The number of aromatic nitrogens is 1. The Hall–Kier alpha value is -3.47. The van der Waals surface area contributed by atoms with Crippen molar-refractivity contribution in [1.82, 2.24) is 4.57 Å². The molecule has 1 heterocycles. The first-order chi connectivity index (χ1) is 15.9. The third-order valence-corrected chi connectivity index (χ3v) is 5.58. The number of carbonyl (C=O) groups excluding carboxylic acids is 1. The van der Waals surface area contributed by atoms with Crippen molar-refractivity contribution in [2.75, 3.05) is 6.61 Å². The van der Waals surface area contributed by atoms with Crippen molar-refractivity contribution in [3.05, 3.63) is 51.3 Å². The predicted octanol–water partition coefficient (Wildman–Crippen LogP) is 5.93. The van der Waals surface area contributed by atoms with Gasteiger partial charge in [0.15, 0.2) is 5.69 Å². The standard InChI is InChI=1S/C25H32N4O4/c1-5-8-9-18(7-3)16-33-25(32)19-10-12-20(13-11-19)27-28-22-17(4)21(15-26)23(30)29(14-6-2)24(22)31/h10-13,18,31H,5-9,14,16H2,1-4H3/b28-27+. The van der Waals surface area contributed by atoms with Crippen molar-refractivity contribution >= 4 is 17.3 Å². The quantitative estimate of drug-likeness (QED) is 0.335. The fraction of sp³-hybridized carbons (Fsp3) is 0.480. The molecule has 0 spiro atoms. The highest BCUT2D eigenvalue weighted by atomic mass is 16.5. The molecule has 1 aromatic carbocycles.